The predicted octanol–water partition coefficient (Wildman–Crippen LogP) is 2.31. The molecule has 1 saturated heterocycles. The van der Waals surface area contributed by atoms with E-state index in [1.807, 2.05) is 19.1 Å². The average molecular weight is 228 g/mol. The van der Waals surface area contributed by atoms with Crippen molar-refractivity contribution in [1.29, 1.82) is 0 Å². The van der Waals surface area contributed by atoms with Crippen molar-refractivity contribution in [2.24, 2.45) is 0 Å². The van der Waals surface area contributed by atoms with Crippen LogP contribution in [-0.4, -0.2) is 38.1 Å². The molecule has 0 aliphatic carbocycles. The smallest absolute Gasteiger partial charge is 0.0104 e. The van der Waals surface area contributed by atoms with Crippen molar-refractivity contribution < 1.29 is 0 Å². The van der Waals surface area contributed by atoms with Crippen molar-refractivity contribution >= 4 is 12.6 Å². The molecule has 1 aliphatic rings. The van der Waals surface area contributed by atoms with Crippen LogP contribution in [0.1, 0.15) is 20.3 Å². The first-order chi connectivity index (χ1) is 7.20. The summed E-state index contributed by atoms with van der Waals surface area (Å²) in [4.78, 5) is 3.36. The molecule has 0 atom stereocenters. The summed E-state index contributed by atoms with van der Waals surface area (Å²) >= 11 is 4.14. The van der Waals surface area contributed by atoms with Crippen LogP contribution >= 0.6 is 12.6 Å². The second kappa shape index (κ2) is 10.3. The fourth-order valence-corrected chi connectivity index (χ4v) is 1.22. The number of nitrogens with zero attached hydrogens (tertiary/aromatic N) is 1. The van der Waals surface area contributed by atoms with Crippen LogP contribution in [0.2, 0.25) is 0 Å². The summed E-state index contributed by atoms with van der Waals surface area (Å²) in [6.07, 6.45) is 7.14. The van der Waals surface area contributed by atoms with Crippen LogP contribution in [0, 0.1) is 0 Å². The van der Waals surface area contributed by atoms with Crippen molar-refractivity contribution in [3.8, 4) is 0 Å². The molecule has 1 fully saturated rings. The van der Waals surface area contributed by atoms with E-state index < -0.39 is 0 Å². The van der Waals surface area contributed by atoms with E-state index in [9.17, 15) is 0 Å². The molecular weight excluding hydrogens is 204 g/mol. The minimum Gasteiger partial charge on any atom is -0.314 e. The molecule has 0 bridgehead atoms. The quantitative estimate of drug-likeness (QED) is 0.557. The standard InChI is InChI=1S/C7H12S.C5H12N2/c1-3-5-6-7(8)4-2;1-7-4-2-6-3-5-7/h4-6,8H,3H2,1-2H3;6H,2-5H2,1H3/b6-5-,7-4+;. The first-order valence-corrected chi connectivity index (χ1v) is 6.06. The van der Waals surface area contributed by atoms with E-state index in [0.29, 0.717) is 0 Å². The zero-order valence-electron chi connectivity index (χ0n) is 10.2. The van der Waals surface area contributed by atoms with Crippen LogP contribution < -0.4 is 5.32 Å². The number of allylic oxidation sites excluding steroid dienone is 3. The lowest BCUT2D eigenvalue weighted by Gasteiger charge is -2.21. The first kappa shape index (κ1) is 14.8. The minimum absolute atomic E-state index is 1.03. The largest absolute Gasteiger partial charge is 0.314 e. The summed E-state index contributed by atoms with van der Waals surface area (Å²) in [6.45, 7) is 8.82. The van der Waals surface area contributed by atoms with E-state index in [4.69, 9.17) is 0 Å². The Balaban J connectivity index is 0.000000262. The summed E-state index contributed by atoms with van der Waals surface area (Å²) in [5.41, 5.74) is 0. The van der Waals surface area contributed by atoms with Crippen LogP contribution in [0.3, 0.4) is 0 Å². The third-order valence-corrected chi connectivity index (χ3v) is 2.57. The lowest BCUT2D eigenvalue weighted by molar-refractivity contribution is 0.291. The molecule has 1 heterocycles. The van der Waals surface area contributed by atoms with Crippen molar-refractivity contribution in [2.75, 3.05) is 33.2 Å². The molecule has 0 amide bonds. The predicted molar refractivity (Wildman–Crippen MR) is 72.5 cm³/mol. The van der Waals surface area contributed by atoms with Gasteiger partial charge < -0.3 is 10.2 Å². The zero-order valence-corrected chi connectivity index (χ0v) is 11.1. The zero-order chi connectivity index (χ0) is 11.5. The van der Waals surface area contributed by atoms with Crippen LogP contribution in [0.4, 0.5) is 0 Å². The highest BCUT2D eigenvalue weighted by molar-refractivity contribution is 7.84. The summed E-state index contributed by atoms with van der Waals surface area (Å²) < 4.78 is 0. The van der Waals surface area contributed by atoms with Gasteiger partial charge in [0.15, 0.2) is 0 Å². The molecule has 2 nitrogen and oxygen atoms in total. The Morgan fingerprint density at radius 2 is 2.00 bits per heavy atom. The van der Waals surface area contributed by atoms with Gasteiger partial charge in [0.25, 0.3) is 0 Å². The fourth-order valence-electron chi connectivity index (χ4n) is 1.11. The molecule has 0 aromatic heterocycles. The molecule has 1 N–H and O–H groups in total. The molecule has 0 aromatic carbocycles. The van der Waals surface area contributed by atoms with Crippen LogP contribution in [0.15, 0.2) is 23.1 Å². The van der Waals surface area contributed by atoms with Gasteiger partial charge >= 0.3 is 0 Å². The second-order valence-corrected chi connectivity index (χ2v) is 4.09. The number of hydrogen-bond acceptors (Lipinski definition) is 3. The maximum atomic E-state index is 4.14. The Morgan fingerprint density at radius 1 is 1.40 bits per heavy atom. The molecular formula is C12H24N2S. The van der Waals surface area contributed by atoms with Gasteiger partial charge in [-0.3, -0.25) is 0 Å². The number of rotatable bonds is 2. The molecule has 1 aliphatic heterocycles. The summed E-state index contributed by atoms with van der Waals surface area (Å²) in [7, 11) is 2.15. The van der Waals surface area contributed by atoms with E-state index in [1.165, 1.54) is 13.1 Å². The van der Waals surface area contributed by atoms with Gasteiger partial charge in [-0.25, -0.2) is 0 Å². The van der Waals surface area contributed by atoms with Crippen molar-refractivity contribution in [3.63, 3.8) is 0 Å². The van der Waals surface area contributed by atoms with Crippen molar-refractivity contribution in [3.05, 3.63) is 23.1 Å². The van der Waals surface area contributed by atoms with E-state index in [1.54, 1.807) is 0 Å². The monoisotopic (exact) mass is 228 g/mol. The van der Waals surface area contributed by atoms with Gasteiger partial charge in [0.1, 0.15) is 0 Å². The molecule has 1 rings (SSSR count). The van der Waals surface area contributed by atoms with Gasteiger partial charge in [-0.05, 0) is 25.3 Å². The SMILES string of the molecule is C/C=C(S)\C=C/CC.CN1CCNCC1. The Hall–Kier alpha value is -0.250. The maximum Gasteiger partial charge on any atom is 0.0104 e. The fraction of sp³-hybridized carbons (Fsp3) is 0.667. The number of hydrogen-bond donors (Lipinski definition) is 2. The highest BCUT2D eigenvalue weighted by Crippen LogP contribution is 2.00. The Bertz CT molecular complexity index is 194. The summed E-state index contributed by atoms with van der Waals surface area (Å²) in [5, 5.41) is 3.27. The van der Waals surface area contributed by atoms with Crippen molar-refractivity contribution in [2.45, 2.75) is 20.3 Å². The molecule has 15 heavy (non-hydrogen) atoms. The highest BCUT2D eigenvalue weighted by Gasteiger charge is 2.01. The van der Waals surface area contributed by atoms with E-state index in [0.717, 1.165) is 24.4 Å². The van der Waals surface area contributed by atoms with E-state index >= 15 is 0 Å². The lowest BCUT2D eigenvalue weighted by Crippen LogP contribution is -2.40. The van der Waals surface area contributed by atoms with Crippen LogP contribution in [-0.2, 0) is 0 Å². The van der Waals surface area contributed by atoms with Gasteiger partial charge in [0, 0.05) is 26.2 Å². The number of nitrogens with one attached hydrogen (secondary N) is 1. The molecule has 0 unspecified atom stereocenters. The Morgan fingerprint density at radius 3 is 2.33 bits per heavy atom. The Kier molecular flexibility index (Phi) is 10.1. The average Bonchev–Trinajstić information content (AvgIpc) is 2.28. The molecule has 0 radical (unpaired) electrons. The number of likely N-dealkylation sites (N-methyl/N-ethyl adjacent to an activating group) is 1. The third kappa shape index (κ3) is 10.0. The number of piperazine rings is 1. The Labute approximate surface area is 99.8 Å². The van der Waals surface area contributed by atoms with Crippen LogP contribution in [0.5, 0.6) is 0 Å². The summed E-state index contributed by atoms with van der Waals surface area (Å²) in [6, 6.07) is 0. The molecule has 88 valence electrons. The van der Waals surface area contributed by atoms with Gasteiger partial charge in [-0.15, -0.1) is 12.6 Å². The molecule has 0 aromatic rings. The first-order valence-electron chi connectivity index (χ1n) is 5.61. The minimum atomic E-state index is 1.03. The normalized spacial score (nSPS) is 18.8. The van der Waals surface area contributed by atoms with Gasteiger partial charge in [-0.2, -0.15) is 0 Å². The third-order valence-electron chi connectivity index (χ3n) is 2.16. The molecule has 3 heteroatoms. The summed E-state index contributed by atoms with van der Waals surface area (Å²) in [5.74, 6) is 0. The topological polar surface area (TPSA) is 15.3 Å². The van der Waals surface area contributed by atoms with Crippen molar-refractivity contribution in [1.82, 2.24) is 10.2 Å². The lowest BCUT2D eigenvalue weighted by atomic mass is 10.4. The van der Waals surface area contributed by atoms with Gasteiger partial charge in [-0.1, -0.05) is 25.2 Å². The number of thiol groups is 1. The van der Waals surface area contributed by atoms with E-state index in [2.05, 4.69) is 42.9 Å². The molecule has 0 saturated carbocycles. The van der Waals surface area contributed by atoms with E-state index in [-0.39, 0.29) is 0 Å². The van der Waals surface area contributed by atoms with Crippen LogP contribution in [0.25, 0.3) is 0 Å². The highest BCUT2D eigenvalue weighted by atomic mass is 32.1. The van der Waals surface area contributed by atoms with Gasteiger partial charge in [0.05, 0.1) is 0 Å². The van der Waals surface area contributed by atoms with Gasteiger partial charge in [0.2, 0.25) is 0 Å². The second-order valence-electron chi connectivity index (χ2n) is 3.58. The molecule has 0 spiro atoms. The maximum absolute atomic E-state index is 4.14.